The van der Waals surface area contributed by atoms with Gasteiger partial charge in [-0.3, -0.25) is 9.69 Å². The molecule has 33 heavy (non-hydrogen) atoms. The van der Waals surface area contributed by atoms with Crippen molar-refractivity contribution in [1.29, 1.82) is 0 Å². The van der Waals surface area contributed by atoms with Gasteiger partial charge in [-0.25, -0.2) is 0 Å². The van der Waals surface area contributed by atoms with Crippen molar-refractivity contribution in [2.45, 2.75) is 26.9 Å². The highest BCUT2D eigenvalue weighted by Crippen LogP contribution is 2.35. The topological polar surface area (TPSA) is 79.9 Å². The summed E-state index contributed by atoms with van der Waals surface area (Å²) in [5, 5.41) is 0.502. The van der Waals surface area contributed by atoms with Crippen molar-refractivity contribution in [3.8, 4) is 11.5 Å². The van der Waals surface area contributed by atoms with Crippen molar-refractivity contribution < 1.29 is 14.2 Å². The van der Waals surface area contributed by atoms with Crippen LogP contribution in [0.3, 0.4) is 0 Å². The number of methoxy groups -OCH3 is 3. The molecule has 0 radical (unpaired) electrons. The number of aryl methyl sites for hydroxylation is 1. The number of ether oxygens (including phenoxy) is 3. The van der Waals surface area contributed by atoms with Crippen molar-refractivity contribution in [1.82, 2.24) is 14.9 Å². The van der Waals surface area contributed by atoms with Crippen LogP contribution < -0.4 is 19.9 Å². The molecule has 0 fully saturated rings. The van der Waals surface area contributed by atoms with E-state index in [1.807, 2.05) is 18.9 Å². The first-order chi connectivity index (χ1) is 15.9. The van der Waals surface area contributed by atoms with E-state index in [4.69, 9.17) is 14.2 Å². The fraction of sp³-hybridized carbons (Fsp3) is 0.440. The zero-order valence-electron chi connectivity index (χ0n) is 20.4. The van der Waals surface area contributed by atoms with E-state index in [0.717, 1.165) is 25.2 Å². The van der Waals surface area contributed by atoms with Gasteiger partial charge in [0.2, 0.25) is 5.95 Å². The summed E-state index contributed by atoms with van der Waals surface area (Å²) >= 11 is 0. The molecule has 0 aliphatic rings. The first-order valence-electron chi connectivity index (χ1n) is 11.1. The maximum absolute atomic E-state index is 12.9. The normalized spacial score (nSPS) is 11.2. The monoisotopic (exact) mass is 454 g/mol. The van der Waals surface area contributed by atoms with Crippen LogP contribution in [-0.2, 0) is 17.8 Å². The van der Waals surface area contributed by atoms with Gasteiger partial charge in [0.05, 0.1) is 31.7 Å². The molecule has 0 unspecified atom stereocenters. The van der Waals surface area contributed by atoms with E-state index < -0.39 is 0 Å². The van der Waals surface area contributed by atoms with Gasteiger partial charge < -0.3 is 24.1 Å². The minimum atomic E-state index is -0.297. The van der Waals surface area contributed by atoms with Crippen molar-refractivity contribution in [3.63, 3.8) is 0 Å². The van der Waals surface area contributed by atoms with Crippen LogP contribution in [0.4, 0.5) is 5.95 Å². The maximum Gasteiger partial charge on any atom is 0.282 e. The van der Waals surface area contributed by atoms with Gasteiger partial charge in [-0.15, -0.1) is 0 Å². The first-order valence-corrected chi connectivity index (χ1v) is 11.1. The number of anilines is 1. The molecular weight excluding hydrogens is 420 g/mol. The third-order valence-corrected chi connectivity index (χ3v) is 5.81. The van der Waals surface area contributed by atoms with Crippen molar-refractivity contribution in [2.24, 2.45) is 0 Å². The number of nitrogens with one attached hydrogen (secondary N) is 1. The highest BCUT2D eigenvalue weighted by atomic mass is 16.5. The number of hydrogen-bond acceptors (Lipinski definition) is 7. The van der Waals surface area contributed by atoms with Gasteiger partial charge in [-0.05, 0) is 24.6 Å². The Hall–Kier alpha value is -3.10. The van der Waals surface area contributed by atoms with Gasteiger partial charge >= 0.3 is 0 Å². The zero-order valence-corrected chi connectivity index (χ0v) is 20.4. The van der Waals surface area contributed by atoms with Crippen LogP contribution in [0.2, 0.25) is 0 Å². The van der Waals surface area contributed by atoms with E-state index in [9.17, 15) is 4.79 Å². The molecule has 3 rings (SSSR count). The highest BCUT2D eigenvalue weighted by molar-refractivity contribution is 5.86. The molecule has 0 aliphatic carbocycles. The van der Waals surface area contributed by atoms with Crippen LogP contribution in [0, 0.1) is 6.92 Å². The average Bonchev–Trinajstić information content (AvgIpc) is 2.81. The summed E-state index contributed by atoms with van der Waals surface area (Å²) in [4.78, 5) is 24.7. The lowest BCUT2D eigenvalue weighted by Gasteiger charge is -2.22. The molecule has 1 aromatic heterocycles. The Morgan fingerprint density at radius 3 is 2.42 bits per heavy atom. The number of aromatic nitrogens is 2. The molecule has 0 aliphatic heterocycles. The van der Waals surface area contributed by atoms with E-state index in [0.29, 0.717) is 47.1 Å². The Bertz CT molecular complexity index is 1150. The van der Waals surface area contributed by atoms with Gasteiger partial charge in [0.1, 0.15) is 0 Å². The fourth-order valence-electron chi connectivity index (χ4n) is 4.03. The summed E-state index contributed by atoms with van der Waals surface area (Å²) in [6.45, 7) is 8.04. The largest absolute Gasteiger partial charge is 0.493 e. The molecule has 2 aromatic carbocycles. The quantitative estimate of drug-likeness (QED) is 0.476. The molecule has 3 aromatic rings. The summed E-state index contributed by atoms with van der Waals surface area (Å²) in [6, 6.07) is 10.3. The van der Waals surface area contributed by atoms with Crippen LogP contribution >= 0.6 is 0 Å². The van der Waals surface area contributed by atoms with Gasteiger partial charge in [0.15, 0.2) is 11.5 Å². The molecular formula is C25H34N4O4. The van der Waals surface area contributed by atoms with Crippen LogP contribution in [0.1, 0.15) is 23.6 Å². The SMILES string of the molecule is CCN(CCOC)Cc1cccc(CN(C)c2nc(=O)c3c(C)c(OC)c(OC)cc3[nH]2)c1. The predicted molar refractivity (Wildman–Crippen MR) is 132 cm³/mol. The van der Waals surface area contributed by atoms with E-state index in [2.05, 4.69) is 46.1 Å². The standard InChI is InChI=1S/C25H34N4O4/c1-7-29(11-12-31-4)16-19-10-8-9-18(13-19)15-28(3)25-26-20-14-21(32-5)23(33-6)17(2)22(20)24(30)27-25/h8-10,13-14H,7,11-12,15-16H2,1-6H3,(H,26,27,30). The van der Waals surface area contributed by atoms with Crippen LogP contribution in [0.5, 0.6) is 11.5 Å². The Morgan fingerprint density at radius 1 is 1.06 bits per heavy atom. The molecule has 8 nitrogen and oxygen atoms in total. The van der Waals surface area contributed by atoms with Crippen molar-refractivity contribution >= 4 is 16.9 Å². The molecule has 178 valence electrons. The van der Waals surface area contributed by atoms with Crippen molar-refractivity contribution in [3.05, 3.63) is 57.4 Å². The summed E-state index contributed by atoms with van der Waals surface area (Å²) in [7, 11) is 6.79. The number of likely N-dealkylation sites (N-methyl/N-ethyl adjacent to an activating group) is 1. The zero-order chi connectivity index (χ0) is 24.0. The van der Waals surface area contributed by atoms with E-state index in [-0.39, 0.29) is 5.56 Å². The highest BCUT2D eigenvalue weighted by Gasteiger charge is 2.17. The summed E-state index contributed by atoms with van der Waals surface area (Å²) in [5.41, 5.74) is 3.46. The molecule has 0 atom stereocenters. The molecule has 0 amide bonds. The predicted octanol–water partition coefficient (Wildman–Crippen LogP) is 3.35. The number of fused-ring (bicyclic) bond motifs is 1. The number of rotatable bonds is 11. The number of H-pyrrole nitrogens is 1. The van der Waals surface area contributed by atoms with Gasteiger partial charge in [-0.1, -0.05) is 31.2 Å². The third kappa shape index (κ3) is 5.64. The molecule has 0 bridgehead atoms. The van der Waals surface area contributed by atoms with E-state index >= 15 is 0 Å². The summed E-state index contributed by atoms with van der Waals surface area (Å²) in [6.07, 6.45) is 0. The minimum absolute atomic E-state index is 0.297. The van der Waals surface area contributed by atoms with Gasteiger partial charge in [-0.2, -0.15) is 4.98 Å². The van der Waals surface area contributed by atoms with E-state index in [1.165, 1.54) is 5.56 Å². The van der Waals surface area contributed by atoms with Gasteiger partial charge in [0, 0.05) is 45.4 Å². The number of nitrogens with zero attached hydrogens (tertiary/aromatic N) is 3. The fourth-order valence-corrected chi connectivity index (χ4v) is 4.03. The Labute approximate surface area is 195 Å². The molecule has 0 spiro atoms. The number of aromatic amines is 1. The second kappa shape index (κ2) is 11.2. The van der Waals surface area contributed by atoms with E-state index in [1.54, 1.807) is 27.4 Å². The second-order valence-electron chi connectivity index (χ2n) is 8.06. The first kappa shape index (κ1) is 24.5. The van der Waals surface area contributed by atoms with Crippen LogP contribution in [0.25, 0.3) is 10.9 Å². The molecule has 1 heterocycles. The minimum Gasteiger partial charge on any atom is -0.493 e. The average molecular weight is 455 g/mol. The lowest BCUT2D eigenvalue weighted by molar-refractivity contribution is 0.147. The third-order valence-electron chi connectivity index (χ3n) is 5.81. The molecule has 0 saturated heterocycles. The molecule has 1 N–H and O–H groups in total. The smallest absolute Gasteiger partial charge is 0.282 e. The van der Waals surface area contributed by atoms with Crippen molar-refractivity contribution in [2.75, 3.05) is 53.0 Å². The van der Waals surface area contributed by atoms with Crippen LogP contribution in [-0.4, -0.2) is 62.9 Å². The second-order valence-corrected chi connectivity index (χ2v) is 8.06. The Kier molecular flexibility index (Phi) is 8.30. The summed E-state index contributed by atoms with van der Waals surface area (Å²) in [5.74, 6) is 1.61. The summed E-state index contributed by atoms with van der Waals surface area (Å²) < 4.78 is 16.1. The maximum atomic E-state index is 12.9. The molecule has 0 saturated carbocycles. The number of hydrogen-bond donors (Lipinski definition) is 1. The Balaban J connectivity index is 1.85. The number of benzene rings is 2. The van der Waals surface area contributed by atoms with Crippen LogP contribution in [0.15, 0.2) is 35.1 Å². The molecule has 8 heteroatoms. The lowest BCUT2D eigenvalue weighted by atomic mass is 10.1. The Morgan fingerprint density at radius 2 is 1.79 bits per heavy atom. The lowest BCUT2D eigenvalue weighted by Crippen LogP contribution is -2.27. The van der Waals surface area contributed by atoms with Gasteiger partial charge in [0.25, 0.3) is 5.56 Å².